The van der Waals surface area contributed by atoms with Gasteiger partial charge in [-0.2, -0.15) is 0 Å². The Kier molecular flexibility index (Phi) is 10.5. The highest BCUT2D eigenvalue weighted by Gasteiger charge is 2.60. The number of piperidine rings is 2. The first kappa shape index (κ1) is 42.1. The molecule has 61 heavy (non-hydrogen) atoms. The van der Waals surface area contributed by atoms with Crippen LogP contribution >= 0.6 is 0 Å². The van der Waals surface area contributed by atoms with Crippen LogP contribution in [-0.2, 0) is 19.1 Å². The number of hydrogen-bond acceptors (Lipinski definition) is 6. The maximum atomic E-state index is 12.2. The van der Waals surface area contributed by atoms with E-state index in [9.17, 15) is 9.59 Å². The van der Waals surface area contributed by atoms with E-state index >= 15 is 0 Å². The largest absolute Gasteiger partial charge is 0.370 e. The number of hydrogen-bond donors (Lipinski definition) is 2. The van der Waals surface area contributed by atoms with Crippen LogP contribution in [0, 0.1) is 70.0 Å². The number of fused-ring (bicyclic) bond motifs is 12. The third-order valence-corrected chi connectivity index (χ3v) is 21.7. The van der Waals surface area contributed by atoms with Gasteiger partial charge in [0, 0.05) is 37.3 Å². The van der Waals surface area contributed by atoms with Crippen molar-refractivity contribution in [1.82, 2.24) is 10.6 Å². The number of carbonyl (C=O) groups is 2. The summed E-state index contributed by atoms with van der Waals surface area (Å²) in [7, 11) is 0. The van der Waals surface area contributed by atoms with Gasteiger partial charge in [-0.3, -0.25) is 9.59 Å². The van der Waals surface area contributed by atoms with E-state index in [1.165, 1.54) is 82.6 Å². The summed E-state index contributed by atoms with van der Waals surface area (Å²) >= 11 is 0. The Bertz CT molecular complexity index is 1900. The molecule has 4 saturated heterocycles. The second-order valence-corrected chi connectivity index (χ2v) is 25.0. The highest BCUT2D eigenvalue weighted by atomic mass is 16.5. The average molecular weight is 835 g/mol. The maximum Gasteiger partial charge on any atom is 0.155 e. The van der Waals surface area contributed by atoms with E-state index in [4.69, 9.17) is 9.47 Å². The number of ether oxygens (including phenoxy) is 2. The van der Waals surface area contributed by atoms with Gasteiger partial charge in [-0.05, 0) is 206 Å². The van der Waals surface area contributed by atoms with Crippen LogP contribution in [0.15, 0.2) is 33.9 Å². The van der Waals surface area contributed by atoms with Crippen molar-refractivity contribution in [2.75, 3.05) is 13.1 Å². The lowest BCUT2D eigenvalue weighted by molar-refractivity contribution is -0.129. The molecule has 2 N–H and O–H groups in total. The summed E-state index contributed by atoms with van der Waals surface area (Å²) in [6, 6.07) is 1.12. The zero-order chi connectivity index (χ0) is 42.2. The van der Waals surface area contributed by atoms with Crippen molar-refractivity contribution < 1.29 is 19.1 Å². The fraction of sp³-hybridized carbons (Fsp3) is 0.855. The quantitative estimate of drug-likeness (QED) is 0.237. The van der Waals surface area contributed by atoms with Gasteiger partial charge in [0.1, 0.15) is 5.78 Å². The molecule has 0 aromatic rings. The van der Waals surface area contributed by atoms with Crippen molar-refractivity contribution >= 4 is 11.6 Å². The van der Waals surface area contributed by atoms with Crippen molar-refractivity contribution in [2.45, 2.75) is 212 Å². The first-order valence-corrected chi connectivity index (χ1v) is 26.1. The Hall–Kier alpha value is -1.60. The molecule has 2 spiro atoms. The summed E-state index contributed by atoms with van der Waals surface area (Å²) in [4.78, 5) is 24.2. The molecule has 8 aliphatic carbocycles. The molecule has 9 fully saturated rings. The van der Waals surface area contributed by atoms with Gasteiger partial charge in [0.05, 0.1) is 23.4 Å². The monoisotopic (exact) mass is 835 g/mol. The zero-order valence-corrected chi connectivity index (χ0v) is 39.3. The SMILES string of the molecule is CC1=C2C[C@H]3[C@@H](CCC4=CC(=O)CC[C@@]43C)[C@@H]2CC[C@]2(C1)C[C@@H]1NC[C@@H](C)C[C@H]1O2.CC1=C2C[C@H]3[C@@H](CC[C@@H]4CC(=O)CC[C@@]43C)[C@@H]2CC[C@@]2(C1)O[C@@H]1C[C@H](C)CN[C@H]1[C@H]2C. The van der Waals surface area contributed by atoms with Crippen molar-refractivity contribution in [1.29, 1.82) is 0 Å². The van der Waals surface area contributed by atoms with Crippen LogP contribution in [0.4, 0.5) is 0 Å². The first-order chi connectivity index (χ1) is 29.2. The van der Waals surface area contributed by atoms with Crippen LogP contribution in [0.2, 0.25) is 0 Å². The minimum Gasteiger partial charge on any atom is -0.370 e. The van der Waals surface area contributed by atoms with Crippen LogP contribution in [0.3, 0.4) is 0 Å². The van der Waals surface area contributed by atoms with E-state index < -0.39 is 0 Å². The van der Waals surface area contributed by atoms with E-state index in [2.05, 4.69) is 59.1 Å². The normalized spacial score (nSPS) is 52.4. The summed E-state index contributed by atoms with van der Waals surface area (Å²) in [5.74, 6) is 8.41. The Balaban J connectivity index is 0.000000138. The summed E-state index contributed by atoms with van der Waals surface area (Å²) in [6.45, 7) is 19.4. The van der Waals surface area contributed by atoms with Crippen LogP contribution in [-0.4, -0.2) is 60.1 Å². The molecule has 0 bridgehead atoms. The van der Waals surface area contributed by atoms with Crippen molar-refractivity contribution in [3.05, 3.63) is 33.9 Å². The number of carbonyl (C=O) groups excluding carboxylic acids is 2. The molecule has 4 aliphatic heterocycles. The third kappa shape index (κ3) is 6.79. The molecular weight excluding hydrogens is 753 g/mol. The second-order valence-electron chi connectivity index (χ2n) is 25.0. The topological polar surface area (TPSA) is 76.7 Å². The van der Waals surface area contributed by atoms with E-state index in [-0.39, 0.29) is 16.6 Å². The van der Waals surface area contributed by atoms with E-state index in [1.54, 1.807) is 16.7 Å². The number of allylic oxidation sites excluding steroid dienone is 4. The molecule has 0 radical (unpaired) electrons. The molecule has 0 unspecified atom stereocenters. The van der Waals surface area contributed by atoms with Crippen molar-refractivity contribution in [2.24, 2.45) is 70.0 Å². The Labute approximate surface area is 369 Å². The highest BCUT2D eigenvalue weighted by molar-refractivity contribution is 5.91. The van der Waals surface area contributed by atoms with E-state index in [1.807, 2.05) is 11.6 Å². The van der Waals surface area contributed by atoms with Gasteiger partial charge in [-0.25, -0.2) is 0 Å². The van der Waals surface area contributed by atoms with E-state index in [0.29, 0.717) is 53.1 Å². The van der Waals surface area contributed by atoms with Crippen LogP contribution < -0.4 is 10.6 Å². The van der Waals surface area contributed by atoms with Crippen LogP contribution in [0.5, 0.6) is 0 Å². The summed E-state index contributed by atoms with van der Waals surface area (Å²) in [5, 5.41) is 7.65. The van der Waals surface area contributed by atoms with Crippen molar-refractivity contribution in [3.8, 4) is 0 Å². The molecule has 0 amide bonds. The molecule has 336 valence electrons. The summed E-state index contributed by atoms with van der Waals surface area (Å²) in [5.41, 5.74) is 9.23. The maximum absolute atomic E-state index is 12.2. The minimum atomic E-state index is 0.0572. The Morgan fingerprint density at radius 3 is 2.20 bits per heavy atom. The van der Waals surface area contributed by atoms with Gasteiger partial charge < -0.3 is 20.1 Å². The van der Waals surface area contributed by atoms with Crippen molar-refractivity contribution in [3.63, 3.8) is 0 Å². The second kappa shape index (κ2) is 15.2. The van der Waals surface area contributed by atoms with Gasteiger partial charge in [-0.1, -0.05) is 62.5 Å². The lowest BCUT2D eigenvalue weighted by Crippen LogP contribution is -2.48. The smallest absolute Gasteiger partial charge is 0.155 e. The molecule has 6 nitrogen and oxygen atoms in total. The number of rotatable bonds is 0. The van der Waals surface area contributed by atoms with Crippen LogP contribution in [0.25, 0.3) is 0 Å². The molecule has 12 aliphatic rings. The molecule has 0 aromatic carbocycles. The number of Topliss-reactive ketones (excluding diaryl/α,β-unsaturated/α-hetero) is 1. The molecule has 0 aromatic heterocycles. The predicted molar refractivity (Wildman–Crippen MR) is 243 cm³/mol. The molecule has 4 heterocycles. The van der Waals surface area contributed by atoms with Crippen LogP contribution in [0.1, 0.15) is 177 Å². The fourth-order valence-corrected chi connectivity index (χ4v) is 18.4. The standard InChI is InChI=1S/C28H43NO2.C27H39NO2/c1-16-11-25-26(29-15-16)18(3)28(31-25)10-8-21-22-6-5-19-12-20(30)7-9-27(19,4)24(22)13-23(21)17(2)14-28;1-16-10-25-24(28-15-16)14-27(30-25)9-7-20-21-5-4-18-11-19(29)6-8-26(18,3)23(21)12-22(20)17(2)13-27/h16,18-19,21-22,24-26,29H,5-15H2,1-4H3;11,16,20-21,23-25,28H,4-10,12-15H2,1-3H3/t16-,18+,19+,21-,22-,24-,25+,26-,27-,28-;16-,20-,21-,23-,24-,25+,26-,27-/m00/s1. The molecule has 6 heteroatoms. The zero-order valence-electron chi connectivity index (χ0n) is 39.3. The molecule has 12 rings (SSSR count). The first-order valence-electron chi connectivity index (χ1n) is 26.1. The van der Waals surface area contributed by atoms with Gasteiger partial charge in [0.25, 0.3) is 0 Å². The summed E-state index contributed by atoms with van der Waals surface area (Å²) in [6.07, 6.45) is 26.3. The third-order valence-electron chi connectivity index (χ3n) is 21.7. The Morgan fingerprint density at radius 1 is 0.689 bits per heavy atom. The predicted octanol–water partition coefficient (Wildman–Crippen LogP) is 11.0. The fourth-order valence-electron chi connectivity index (χ4n) is 18.4. The Morgan fingerprint density at radius 2 is 1.39 bits per heavy atom. The molecular formula is C55H82N2O4. The van der Waals surface area contributed by atoms with Gasteiger partial charge >= 0.3 is 0 Å². The average Bonchev–Trinajstić information content (AvgIpc) is 3.92. The highest BCUT2D eigenvalue weighted by Crippen LogP contribution is 2.66. The number of ketones is 2. The minimum absolute atomic E-state index is 0.0572. The molecule has 5 saturated carbocycles. The summed E-state index contributed by atoms with van der Waals surface area (Å²) < 4.78 is 13.9. The molecule has 18 atom stereocenters. The lowest BCUT2D eigenvalue weighted by atomic mass is 9.52. The number of nitrogens with one attached hydrogen (secondary N) is 2. The lowest BCUT2D eigenvalue weighted by Gasteiger charge is -2.52. The van der Waals surface area contributed by atoms with Gasteiger partial charge in [0.15, 0.2) is 5.78 Å². The van der Waals surface area contributed by atoms with Gasteiger partial charge in [-0.15, -0.1) is 0 Å². The van der Waals surface area contributed by atoms with E-state index in [0.717, 1.165) is 112 Å². The van der Waals surface area contributed by atoms with Gasteiger partial charge in [0.2, 0.25) is 0 Å².